The van der Waals surface area contributed by atoms with Gasteiger partial charge in [-0.15, -0.1) is 0 Å². The van der Waals surface area contributed by atoms with Gasteiger partial charge >= 0.3 is 6.18 Å². The number of likely N-dealkylation sites (tertiary alicyclic amines) is 1. The van der Waals surface area contributed by atoms with E-state index in [1.165, 1.54) is 13.1 Å². The molecule has 0 spiro atoms. The van der Waals surface area contributed by atoms with Crippen LogP contribution in [0.25, 0.3) is 0 Å². The standard InChI is InChI=1S/C23H26F5N7O/c1-13-4-5-18(34-33-8-15(3)29)17(6-13)20(36)35-12-22(24,25)7-14(2)19(35)11-32-21-30-9-16(10-31-21)23(26,27)28/h4-6,8-10,14,19,29,34H,7,11-12H2,1-3H3,(H,30,31,32)/b29-15?,33-8-/t14-,19?/m1/s1. The molecule has 194 valence electrons. The van der Waals surface area contributed by atoms with Crippen LogP contribution in [-0.4, -0.2) is 57.8 Å². The molecule has 1 saturated heterocycles. The van der Waals surface area contributed by atoms with Crippen LogP contribution < -0.4 is 10.7 Å². The molecule has 2 atom stereocenters. The Morgan fingerprint density at radius 1 is 1.31 bits per heavy atom. The van der Waals surface area contributed by atoms with Gasteiger partial charge in [-0.3, -0.25) is 10.2 Å². The van der Waals surface area contributed by atoms with E-state index in [2.05, 4.69) is 25.8 Å². The maximum absolute atomic E-state index is 14.5. The summed E-state index contributed by atoms with van der Waals surface area (Å²) in [5.74, 6) is -4.54. The highest BCUT2D eigenvalue weighted by molar-refractivity contribution is 6.28. The van der Waals surface area contributed by atoms with Crippen LogP contribution in [0.5, 0.6) is 0 Å². The summed E-state index contributed by atoms with van der Waals surface area (Å²) in [7, 11) is 0. The number of piperidine rings is 1. The van der Waals surface area contributed by atoms with Crippen LogP contribution in [0.2, 0.25) is 0 Å². The van der Waals surface area contributed by atoms with Crippen molar-refractivity contribution >= 4 is 29.5 Å². The first-order chi connectivity index (χ1) is 16.8. The molecule has 0 saturated carbocycles. The maximum Gasteiger partial charge on any atom is 0.419 e. The number of carbonyl (C=O) groups is 1. The third kappa shape index (κ3) is 6.73. The topological polar surface area (TPSA) is 106 Å². The number of nitrogens with zero attached hydrogens (tertiary/aromatic N) is 4. The molecule has 1 amide bonds. The van der Waals surface area contributed by atoms with Crippen LogP contribution in [0.4, 0.5) is 33.6 Å². The van der Waals surface area contributed by atoms with Gasteiger partial charge in [0, 0.05) is 31.1 Å². The Morgan fingerprint density at radius 3 is 2.58 bits per heavy atom. The lowest BCUT2D eigenvalue weighted by molar-refractivity contribution is -0.138. The Morgan fingerprint density at radius 2 is 1.97 bits per heavy atom. The fourth-order valence-electron chi connectivity index (χ4n) is 3.93. The molecular formula is C23H26F5N7O. The highest BCUT2D eigenvalue weighted by Crippen LogP contribution is 2.36. The lowest BCUT2D eigenvalue weighted by Gasteiger charge is -2.43. The van der Waals surface area contributed by atoms with E-state index in [1.807, 2.05) is 0 Å². The Hall–Kier alpha value is -3.64. The highest BCUT2D eigenvalue weighted by atomic mass is 19.4. The van der Waals surface area contributed by atoms with Gasteiger partial charge in [-0.05, 0) is 31.9 Å². The lowest BCUT2D eigenvalue weighted by atomic mass is 9.87. The number of halogens is 5. The summed E-state index contributed by atoms with van der Waals surface area (Å²) in [5.41, 5.74) is 2.96. The molecule has 1 aromatic heterocycles. The van der Waals surface area contributed by atoms with Gasteiger partial charge < -0.3 is 15.6 Å². The van der Waals surface area contributed by atoms with Gasteiger partial charge in [0.05, 0.1) is 35.6 Å². The minimum absolute atomic E-state index is 0.0475. The number of aryl methyl sites for hydroxylation is 1. The van der Waals surface area contributed by atoms with E-state index in [1.54, 1.807) is 32.0 Å². The summed E-state index contributed by atoms with van der Waals surface area (Å²) in [5, 5.41) is 14.1. The Kier molecular flexibility index (Phi) is 7.89. The van der Waals surface area contributed by atoms with Gasteiger partial charge in [0.15, 0.2) is 0 Å². The number of benzene rings is 1. The van der Waals surface area contributed by atoms with Crippen molar-refractivity contribution in [1.82, 2.24) is 14.9 Å². The smallest absolute Gasteiger partial charge is 0.352 e. The number of hydrogen-bond acceptors (Lipinski definition) is 7. The predicted molar refractivity (Wildman–Crippen MR) is 126 cm³/mol. The zero-order valence-corrected chi connectivity index (χ0v) is 19.8. The minimum Gasteiger partial charge on any atom is -0.352 e. The van der Waals surface area contributed by atoms with Crippen LogP contribution in [0.1, 0.15) is 41.8 Å². The van der Waals surface area contributed by atoms with Gasteiger partial charge in [0.25, 0.3) is 11.8 Å². The van der Waals surface area contributed by atoms with Crippen molar-refractivity contribution in [3.8, 4) is 0 Å². The van der Waals surface area contributed by atoms with Gasteiger partial charge in [-0.2, -0.15) is 18.3 Å². The number of anilines is 2. The summed E-state index contributed by atoms with van der Waals surface area (Å²) in [6.45, 7) is 3.97. The van der Waals surface area contributed by atoms with E-state index in [4.69, 9.17) is 5.41 Å². The van der Waals surface area contributed by atoms with E-state index in [9.17, 15) is 26.7 Å². The number of amides is 1. The van der Waals surface area contributed by atoms with Crippen molar-refractivity contribution in [2.75, 3.05) is 23.8 Å². The zero-order chi connectivity index (χ0) is 26.7. The second-order valence-electron chi connectivity index (χ2n) is 8.81. The van der Waals surface area contributed by atoms with E-state index in [-0.39, 0.29) is 29.5 Å². The van der Waals surface area contributed by atoms with Crippen LogP contribution in [0.15, 0.2) is 35.7 Å². The normalized spacial score (nSPS) is 19.8. The molecule has 36 heavy (non-hydrogen) atoms. The van der Waals surface area contributed by atoms with Crippen LogP contribution in [0.3, 0.4) is 0 Å². The van der Waals surface area contributed by atoms with Crippen LogP contribution >= 0.6 is 0 Å². The first kappa shape index (κ1) is 27.0. The number of carbonyl (C=O) groups excluding carboxylic acids is 1. The minimum atomic E-state index is -4.59. The predicted octanol–water partition coefficient (Wildman–Crippen LogP) is 4.84. The quantitative estimate of drug-likeness (QED) is 0.280. The van der Waals surface area contributed by atoms with Crippen molar-refractivity contribution in [2.45, 2.75) is 45.3 Å². The number of rotatable bonds is 7. The number of alkyl halides is 5. The SMILES string of the molecule is CC(=N)/C=N\Nc1ccc(C)cc1C(=O)N1CC(F)(F)C[C@@H](C)C1CNc1ncc(C(F)(F)F)cn1. The summed E-state index contributed by atoms with van der Waals surface area (Å²) in [4.78, 5) is 21.9. The zero-order valence-electron chi connectivity index (χ0n) is 19.8. The second kappa shape index (κ2) is 10.5. The molecule has 1 aliphatic rings. The van der Waals surface area contributed by atoms with Gasteiger partial charge in [0.1, 0.15) is 0 Å². The molecule has 13 heteroatoms. The molecule has 8 nitrogen and oxygen atoms in total. The van der Waals surface area contributed by atoms with Crippen LogP contribution in [0, 0.1) is 18.3 Å². The third-order valence-electron chi connectivity index (χ3n) is 5.64. The molecule has 2 heterocycles. The fourth-order valence-corrected chi connectivity index (χ4v) is 3.93. The molecule has 2 aromatic rings. The first-order valence-electron chi connectivity index (χ1n) is 11.0. The van der Waals surface area contributed by atoms with Crippen molar-refractivity contribution in [3.05, 3.63) is 47.3 Å². The lowest BCUT2D eigenvalue weighted by Crippen LogP contribution is -2.57. The molecule has 1 unspecified atom stereocenters. The largest absolute Gasteiger partial charge is 0.419 e. The van der Waals surface area contributed by atoms with Crippen molar-refractivity contribution in [2.24, 2.45) is 11.0 Å². The monoisotopic (exact) mass is 511 g/mol. The van der Waals surface area contributed by atoms with Gasteiger partial charge in [-0.1, -0.05) is 18.6 Å². The van der Waals surface area contributed by atoms with Gasteiger partial charge in [0.2, 0.25) is 5.95 Å². The molecule has 3 N–H and O–H groups in total. The molecular weight excluding hydrogens is 485 g/mol. The van der Waals surface area contributed by atoms with Gasteiger partial charge in [-0.25, -0.2) is 18.7 Å². The average molecular weight is 511 g/mol. The number of nitrogens with one attached hydrogen (secondary N) is 3. The summed E-state index contributed by atoms with van der Waals surface area (Å²) < 4.78 is 67.4. The highest BCUT2D eigenvalue weighted by Gasteiger charge is 2.46. The first-order valence-corrected chi connectivity index (χ1v) is 11.0. The Bertz CT molecular complexity index is 1130. The molecule has 1 aromatic carbocycles. The maximum atomic E-state index is 14.5. The third-order valence-corrected chi connectivity index (χ3v) is 5.64. The fraction of sp³-hybridized carbons (Fsp3) is 0.435. The second-order valence-corrected chi connectivity index (χ2v) is 8.81. The number of hydrazone groups is 1. The van der Waals surface area contributed by atoms with Crippen LogP contribution in [-0.2, 0) is 6.18 Å². The summed E-state index contributed by atoms with van der Waals surface area (Å²) in [6.07, 6.45) is -2.57. The molecule has 0 radical (unpaired) electrons. The molecule has 0 aliphatic carbocycles. The number of aromatic nitrogens is 2. The van der Waals surface area contributed by atoms with E-state index < -0.39 is 48.5 Å². The summed E-state index contributed by atoms with van der Waals surface area (Å²) in [6, 6.07) is 4.15. The van der Waals surface area contributed by atoms with E-state index in [0.29, 0.717) is 12.4 Å². The molecule has 1 fully saturated rings. The number of hydrogen-bond donors (Lipinski definition) is 3. The Balaban J connectivity index is 1.86. The van der Waals surface area contributed by atoms with E-state index in [0.717, 1.165) is 10.5 Å². The Labute approximate surface area is 204 Å². The van der Waals surface area contributed by atoms with Crippen molar-refractivity contribution < 1.29 is 26.7 Å². The van der Waals surface area contributed by atoms with Crippen molar-refractivity contribution in [3.63, 3.8) is 0 Å². The average Bonchev–Trinajstić information content (AvgIpc) is 2.77. The van der Waals surface area contributed by atoms with Crippen molar-refractivity contribution in [1.29, 1.82) is 5.41 Å². The van der Waals surface area contributed by atoms with E-state index >= 15 is 0 Å². The molecule has 3 rings (SSSR count). The molecule has 0 bridgehead atoms. The molecule has 1 aliphatic heterocycles. The summed E-state index contributed by atoms with van der Waals surface area (Å²) >= 11 is 0.